The molecule has 3 rings (SSSR count). The van der Waals surface area contributed by atoms with Gasteiger partial charge in [0, 0.05) is 24.8 Å². The number of aromatic nitrogens is 2. The first kappa shape index (κ1) is 15.6. The summed E-state index contributed by atoms with van der Waals surface area (Å²) < 4.78 is 20.8. The molecule has 3 aromatic rings. The van der Waals surface area contributed by atoms with E-state index in [-0.39, 0.29) is 11.8 Å². The fourth-order valence-electron chi connectivity index (χ4n) is 2.11. The fraction of sp³-hybridized carbons (Fsp3) is 0.0556. The van der Waals surface area contributed by atoms with Gasteiger partial charge >= 0.3 is 6.02 Å². The number of hydrogen-bond acceptors (Lipinski definition) is 3. The second kappa shape index (κ2) is 6.87. The molecule has 0 aliphatic carbocycles. The van der Waals surface area contributed by atoms with Crippen molar-refractivity contribution in [2.24, 2.45) is 9.98 Å². The van der Waals surface area contributed by atoms with E-state index in [9.17, 15) is 4.39 Å². The summed E-state index contributed by atoms with van der Waals surface area (Å²) in [7, 11) is 0. The number of ether oxygens (including phenoxy) is 1. The zero-order chi connectivity index (χ0) is 16.9. The van der Waals surface area contributed by atoms with Crippen LogP contribution in [0.1, 0.15) is 12.5 Å². The number of fused-ring (bicyclic) bond motifs is 1. The third-order valence-electron chi connectivity index (χ3n) is 3.39. The number of amidine groups is 1. The minimum absolute atomic E-state index is 0.0249. The average Bonchev–Trinajstić information content (AvgIpc) is 3.07. The number of halogens is 1. The van der Waals surface area contributed by atoms with Crippen LogP contribution in [0.5, 0.6) is 5.75 Å². The van der Waals surface area contributed by atoms with Crippen molar-refractivity contribution < 1.29 is 9.13 Å². The lowest BCUT2D eigenvalue weighted by Gasteiger charge is -2.05. The molecule has 0 spiro atoms. The van der Waals surface area contributed by atoms with Crippen molar-refractivity contribution in [3.63, 3.8) is 0 Å². The predicted octanol–water partition coefficient (Wildman–Crippen LogP) is 3.97. The Kier molecular flexibility index (Phi) is 4.47. The lowest BCUT2D eigenvalue weighted by Crippen LogP contribution is -2.05. The van der Waals surface area contributed by atoms with Crippen LogP contribution in [-0.4, -0.2) is 22.1 Å². The monoisotopic (exact) mass is 322 g/mol. The first-order valence-electron chi connectivity index (χ1n) is 7.24. The highest BCUT2D eigenvalue weighted by Gasteiger charge is 2.05. The molecule has 1 aromatic carbocycles. The highest BCUT2D eigenvalue weighted by Crippen LogP contribution is 2.17. The van der Waals surface area contributed by atoms with Crippen LogP contribution in [0.3, 0.4) is 0 Å². The van der Waals surface area contributed by atoms with Crippen molar-refractivity contribution >= 4 is 24.0 Å². The van der Waals surface area contributed by atoms with Gasteiger partial charge in [-0.1, -0.05) is 12.1 Å². The smallest absolute Gasteiger partial charge is 0.321 e. The molecule has 0 saturated carbocycles. The van der Waals surface area contributed by atoms with Gasteiger partial charge in [0.2, 0.25) is 0 Å². The number of hydrogen-bond donors (Lipinski definition) is 0. The van der Waals surface area contributed by atoms with Gasteiger partial charge in [0.15, 0.2) is 11.6 Å². The molecule has 0 bridgehead atoms. The Labute approximate surface area is 138 Å². The molecule has 0 aliphatic heterocycles. The Hall–Kier alpha value is -3.28. The molecule has 5 nitrogen and oxygen atoms in total. The molecule has 0 N–H and O–H groups in total. The molecule has 0 saturated heterocycles. The first-order chi connectivity index (χ1) is 11.7. The molecular weight excluding hydrogens is 307 g/mol. The fourth-order valence-corrected chi connectivity index (χ4v) is 2.11. The summed E-state index contributed by atoms with van der Waals surface area (Å²) in [5.41, 5.74) is 2.73. The molecule has 0 aliphatic rings. The third kappa shape index (κ3) is 3.38. The molecule has 6 heteroatoms. The van der Waals surface area contributed by atoms with Crippen LogP contribution in [0, 0.1) is 5.82 Å². The molecular formula is C18H15FN4O. The summed E-state index contributed by atoms with van der Waals surface area (Å²) in [5.74, 6) is -0.436. The van der Waals surface area contributed by atoms with Gasteiger partial charge in [0.05, 0.1) is 0 Å². The zero-order valence-electron chi connectivity index (χ0n) is 13.1. The number of para-hydroxylation sites is 1. The standard InChI is InChI=1S/C18H15FN4O/c1-13(14-7-8-17-21-9-10-23(17)12-14)11-22-18(20-2)24-16-6-4-3-5-15(16)19/h3-12H,2H2,1H3/b13-11+,22-18?. The van der Waals surface area contributed by atoms with Crippen molar-refractivity contribution in [3.8, 4) is 5.75 Å². The maximum Gasteiger partial charge on any atom is 0.321 e. The van der Waals surface area contributed by atoms with Crippen LogP contribution in [0.15, 0.2) is 71.2 Å². The van der Waals surface area contributed by atoms with E-state index in [4.69, 9.17) is 4.74 Å². The van der Waals surface area contributed by atoms with E-state index >= 15 is 0 Å². The van der Waals surface area contributed by atoms with Crippen LogP contribution in [0.25, 0.3) is 11.2 Å². The number of imidazole rings is 1. The van der Waals surface area contributed by atoms with Crippen molar-refractivity contribution in [2.45, 2.75) is 6.92 Å². The van der Waals surface area contributed by atoms with E-state index in [0.29, 0.717) is 0 Å². The average molecular weight is 322 g/mol. The maximum absolute atomic E-state index is 13.6. The number of nitrogens with zero attached hydrogens (tertiary/aromatic N) is 4. The van der Waals surface area contributed by atoms with Gasteiger partial charge < -0.3 is 9.14 Å². The molecule has 0 atom stereocenters. The van der Waals surface area contributed by atoms with Crippen LogP contribution < -0.4 is 4.74 Å². The van der Waals surface area contributed by atoms with E-state index in [1.54, 1.807) is 24.5 Å². The summed E-state index contributed by atoms with van der Waals surface area (Å²) in [4.78, 5) is 12.0. The summed E-state index contributed by atoms with van der Waals surface area (Å²) in [6.45, 7) is 5.31. The summed E-state index contributed by atoms with van der Waals surface area (Å²) in [6.07, 6.45) is 7.15. The van der Waals surface area contributed by atoms with Gasteiger partial charge in [-0.2, -0.15) is 0 Å². The summed E-state index contributed by atoms with van der Waals surface area (Å²) in [5, 5.41) is 0. The van der Waals surface area contributed by atoms with Crippen LogP contribution in [0.4, 0.5) is 4.39 Å². The quantitative estimate of drug-likeness (QED) is 0.541. The normalized spacial score (nSPS) is 12.4. The van der Waals surface area contributed by atoms with Crippen molar-refractivity contribution in [1.29, 1.82) is 0 Å². The Morgan fingerprint density at radius 2 is 2.12 bits per heavy atom. The van der Waals surface area contributed by atoms with Crippen LogP contribution in [-0.2, 0) is 0 Å². The number of rotatable bonds is 3. The highest BCUT2D eigenvalue weighted by molar-refractivity contribution is 5.82. The second-order valence-electron chi connectivity index (χ2n) is 5.02. The summed E-state index contributed by atoms with van der Waals surface area (Å²) >= 11 is 0. The van der Waals surface area contributed by atoms with Crippen LogP contribution in [0.2, 0.25) is 0 Å². The lowest BCUT2D eigenvalue weighted by molar-refractivity contribution is 0.486. The number of benzene rings is 1. The second-order valence-corrected chi connectivity index (χ2v) is 5.02. The van der Waals surface area contributed by atoms with Gasteiger partial charge in [0.25, 0.3) is 0 Å². The molecule has 0 radical (unpaired) electrons. The van der Waals surface area contributed by atoms with Crippen molar-refractivity contribution in [1.82, 2.24) is 9.38 Å². The van der Waals surface area contributed by atoms with Gasteiger partial charge in [0.1, 0.15) is 5.65 Å². The topological polar surface area (TPSA) is 51.2 Å². The van der Waals surface area contributed by atoms with E-state index in [1.807, 2.05) is 35.9 Å². The molecule has 0 fully saturated rings. The molecule has 120 valence electrons. The molecule has 0 unspecified atom stereocenters. The zero-order valence-corrected chi connectivity index (χ0v) is 13.1. The van der Waals surface area contributed by atoms with E-state index in [1.165, 1.54) is 12.1 Å². The van der Waals surface area contributed by atoms with Crippen molar-refractivity contribution in [2.75, 3.05) is 0 Å². The predicted molar refractivity (Wildman–Crippen MR) is 92.9 cm³/mol. The largest absolute Gasteiger partial charge is 0.421 e. The minimum atomic E-state index is -0.486. The Morgan fingerprint density at radius 1 is 1.29 bits per heavy atom. The first-order valence-corrected chi connectivity index (χ1v) is 7.24. The van der Waals surface area contributed by atoms with Gasteiger partial charge in [-0.3, -0.25) is 0 Å². The number of aliphatic imine (C=N–C) groups is 2. The Morgan fingerprint density at radius 3 is 2.92 bits per heavy atom. The van der Waals surface area contributed by atoms with E-state index in [0.717, 1.165) is 16.8 Å². The van der Waals surface area contributed by atoms with Gasteiger partial charge in [-0.15, -0.1) is 0 Å². The number of allylic oxidation sites excluding steroid dienone is 1. The molecule has 24 heavy (non-hydrogen) atoms. The van der Waals surface area contributed by atoms with E-state index < -0.39 is 5.82 Å². The minimum Gasteiger partial charge on any atom is -0.421 e. The highest BCUT2D eigenvalue weighted by atomic mass is 19.1. The van der Waals surface area contributed by atoms with Crippen molar-refractivity contribution in [3.05, 3.63) is 72.6 Å². The van der Waals surface area contributed by atoms with E-state index in [2.05, 4.69) is 21.7 Å². The Balaban J connectivity index is 1.83. The van der Waals surface area contributed by atoms with Gasteiger partial charge in [-0.05, 0) is 49.0 Å². The van der Waals surface area contributed by atoms with Crippen LogP contribution >= 0.6 is 0 Å². The molecule has 2 heterocycles. The lowest BCUT2D eigenvalue weighted by atomic mass is 10.1. The Bertz CT molecular complexity index is 943. The SMILES string of the molecule is C=NC(=N/C=C(\C)c1ccc2nccn2c1)Oc1ccccc1F. The molecule has 0 amide bonds. The maximum atomic E-state index is 13.6. The molecule has 2 aromatic heterocycles. The summed E-state index contributed by atoms with van der Waals surface area (Å²) in [6, 6.07) is 9.89. The van der Waals surface area contributed by atoms with Gasteiger partial charge in [-0.25, -0.2) is 19.4 Å². The third-order valence-corrected chi connectivity index (χ3v) is 3.39. The number of pyridine rings is 1.